The number of amides is 1. The van der Waals surface area contributed by atoms with Gasteiger partial charge in [0, 0.05) is 18.7 Å². The molecule has 2 rings (SSSR count). The Bertz CT molecular complexity index is 906. The van der Waals surface area contributed by atoms with Gasteiger partial charge in [-0.2, -0.15) is 8.42 Å². The molecule has 0 aromatic heterocycles. The minimum Gasteiger partial charge on any atom is -0.383 e. The molecule has 170 valence electrons. The van der Waals surface area contributed by atoms with Gasteiger partial charge in [-0.25, -0.2) is 0 Å². The van der Waals surface area contributed by atoms with E-state index in [1.54, 1.807) is 24.3 Å². The molecule has 0 unspecified atom stereocenters. The van der Waals surface area contributed by atoms with Crippen LogP contribution < -0.4 is 4.18 Å². The van der Waals surface area contributed by atoms with E-state index in [0.717, 1.165) is 31.1 Å². The molecule has 0 N–H and O–H groups in total. The maximum absolute atomic E-state index is 13.1. The molecule has 0 atom stereocenters. The minimum absolute atomic E-state index is 0.0162. The van der Waals surface area contributed by atoms with E-state index < -0.39 is 10.1 Å². The van der Waals surface area contributed by atoms with Crippen molar-refractivity contribution < 1.29 is 17.4 Å². The molecule has 5 nitrogen and oxygen atoms in total. The lowest BCUT2D eigenvalue weighted by Gasteiger charge is -2.23. The molecule has 6 heteroatoms. The Kier molecular flexibility index (Phi) is 10.0. The molecule has 0 aliphatic heterocycles. The van der Waals surface area contributed by atoms with Crippen LogP contribution in [0, 0.1) is 0 Å². The molecule has 0 aliphatic rings. The summed E-state index contributed by atoms with van der Waals surface area (Å²) in [6, 6.07) is 14.8. The summed E-state index contributed by atoms with van der Waals surface area (Å²) in [4.78, 5) is 15.0. The summed E-state index contributed by atoms with van der Waals surface area (Å²) >= 11 is 0. The van der Waals surface area contributed by atoms with E-state index in [1.165, 1.54) is 31.2 Å². The third-order valence-corrected chi connectivity index (χ3v) is 5.63. The zero-order chi connectivity index (χ0) is 22.7. The summed E-state index contributed by atoms with van der Waals surface area (Å²) in [5.74, 6) is 0.287. The Morgan fingerprint density at radius 2 is 1.45 bits per heavy atom. The molecule has 0 bridgehead atoms. The Morgan fingerprint density at radius 1 is 0.839 bits per heavy atom. The quantitative estimate of drug-likeness (QED) is 0.298. The van der Waals surface area contributed by atoms with Crippen LogP contribution in [0.2, 0.25) is 0 Å². The number of hydrogen-bond donors (Lipinski definition) is 0. The van der Waals surface area contributed by atoms with Gasteiger partial charge in [-0.1, -0.05) is 63.8 Å². The van der Waals surface area contributed by atoms with E-state index >= 15 is 0 Å². The monoisotopic (exact) mass is 445 g/mol. The highest BCUT2D eigenvalue weighted by Crippen LogP contribution is 2.18. The van der Waals surface area contributed by atoms with Crippen LogP contribution in [0.4, 0.5) is 0 Å². The fourth-order valence-electron chi connectivity index (χ4n) is 3.40. The van der Waals surface area contributed by atoms with Crippen LogP contribution in [-0.4, -0.2) is 32.0 Å². The third-order valence-electron chi connectivity index (χ3n) is 5.13. The van der Waals surface area contributed by atoms with E-state index in [9.17, 15) is 13.2 Å². The number of unbranched alkanes of at least 4 members (excludes halogenated alkanes) is 4. The first-order valence-electron chi connectivity index (χ1n) is 11.2. The number of aryl methyl sites for hydroxylation is 1. The van der Waals surface area contributed by atoms with Crippen molar-refractivity contribution >= 4 is 16.0 Å². The van der Waals surface area contributed by atoms with Crippen molar-refractivity contribution in [2.24, 2.45) is 0 Å². The van der Waals surface area contributed by atoms with E-state index in [1.807, 2.05) is 17.0 Å². The Hall–Kier alpha value is -2.34. The van der Waals surface area contributed by atoms with Crippen molar-refractivity contribution in [1.82, 2.24) is 4.90 Å². The summed E-state index contributed by atoms with van der Waals surface area (Å²) in [5, 5.41) is 0. The summed E-state index contributed by atoms with van der Waals surface area (Å²) < 4.78 is 27.4. The number of benzene rings is 2. The van der Waals surface area contributed by atoms with Crippen molar-refractivity contribution in [3.05, 3.63) is 65.2 Å². The summed E-state index contributed by atoms with van der Waals surface area (Å²) in [5.41, 5.74) is 2.90. The standard InChI is InChI=1S/C25H35NO4S/c1-4-6-8-9-10-21-11-15-23(16-12-21)25(27)26(19-7-5-2)20-22-13-17-24(18-14-22)30-31(3,28)29/h11-18H,4-10,19-20H2,1-3H3. The normalized spacial score (nSPS) is 11.3. The molecule has 0 fully saturated rings. The van der Waals surface area contributed by atoms with Gasteiger partial charge in [-0.15, -0.1) is 0 Å². The van der Waals surface area contributed by atoms with E-state index in [2.05, 4.69) is 26.0 Å². The molecule has 2 aromatic carbocycles. The van der Waals surface area contributed by atoms with Gasteiger partial charge in [0.05, 0.1) is 6.26 Å². The van der Waals surface area contributed by atoms with Crippen molar-refractivity contribution in [2.45, 2.75) is 65.3 Å². The van der Waals surface area contributed by atoms with Crippen LogP contribution in [0.3, 0.4) is 0 Å². The van der Waals surface area contributed by atoms with Crippen LogP contribution >= 0.6 is 0 Å². The molecular formula is C25H35NO4S. The molecule has 0 spiro atoms. The molecule has 31 heavy (non-hydrogen) atoms. The topological polar surface area (TPSA) is 63.7 Å². The lowest BCUT2D eigenvalue weighted by atomic mass is 10.0. The lowest BCUT2D eigenvalue weighted by Crippen LogP contribution is -2.31. The molecule has 0 saturated heterocycles. The maximum Gasteiger partial charge on any atom is 0.306 e. The summed E-state index contributed by atoms with van der Waals surface area (Å²) in [6.45, 7) is 5.46. The van der Waals surface area contributed by atoms with E-state index in [4.69, 9.17) is 4.18 Å². The minimum atomic E-state index is -3.55. The second-order valence-corrected chi connectivity index (χ2v) is 9.59. The average molecular weight is 446 g/mol. The molecule has 0 heterocycles. The largest absolute Gasteiger partial charge is 0.383 e. The van der Waals surface area contributed by atoms with Gasteiger partial charge in [0.1, 0.15) is 5.75 Å². The first-order valence-corrected chi connectivity index (χ1v) is 13.0. The number of carbonyl (C=O) groups is 1. The predicted octanol–water partition coefficient (Wildman–Crippen LogP) is 5.59. The van der Waals surface area contributed by atoms with Crippen molar-refractivity contribution in [1.29, 1.82) is 0 Å². The van der Waals surface area contributed by atoms with Crippen LogP contribution in [0.1, 0.15) is 73.9 Å². The highest BCUT2D eigenvalue weighted by molar-refractivity contribution is 7.86. The van der Waals surface area contributed by atoms with Crippen LogP contribution in [0.15, 0.2) is 48.5 Å². The average Bonchev–Trinajstić information content (AvgIpc) is 2.74. The molecule has 1 amide bonds. The number of hydrogen-bond acceptors (Lipinski definition) is 4. The molecule has 0 saturated carbocycles. The number of carbonyl (C=O) groups excluding carboxylic acids is 1. The zero-order valence-corrected chi connectivity index (χ0v) is 19.8. The number of nitrogens with zero attached hydrogens (tertiary/aromatic N) is 1. The Morgan fingerprint density at radius 3 is 2.03 bits per heavy atom. The smallest absolute Gasteiger partial charge is 0.306 e. The first-order chi connectivity index (χ1) is 14.8. The van der Waals surface area contributed by atoms with Crippen LogP contribution in [-0.2, 0) is 23.1 Å². The Labute approximate surface area is 187 Å². The number of rotatable bonds is 13. The van der Waals surface area contributed by atoms with Crippen molar-refractivity contribution in [2.75, 3.05) is 12.8 Å². The van der Waals surface area contributed by atoms with Crippen molar-refractivity contribution in [3.8, 4) is 5.75 Å². The molecule has 0 aliphatic carbocycles. The van der Waals surface area contributed by atoms with Crippen LogP contribution in [0.25, 0.3) is 0 Å². The molecular weight excluding hydrogens is 410 g/mol. The van der Waals surface area contributed by atoms with Gasteiger partial charge >= 0.3 is 10.1 Å². The molecule has 2 aromatic rings. The second-order valence-electron chi connectivity index (χ2n) is 8.02. The maximum atomic E-state index is 13.1. The Balaban J connectivity index is 2.04. The van der Waals surface area contributed by atoms with Gasteiger partial charge in [0.25, 0.3) is 5.91 Å². The van der Waals surface area contributed by atoms with Gasteiger partial charge in [-0.3, -0.25) is 4.79 Å². The van der Waals surface area contributed by atoms with Gasteiger partial charge < -0.3 is 9.08 Å². The van der Waals surface area contributed by atoms with Gasteiger partial charge in [0.2, 0.25) is 0 Å². The first kappa shape index (κ1) is 24.9. The van der Waals surface area contributed by atoms with Gasteiger partial charge in [0.15, 0.2) is 0 Å². The van der Waals surface area contributed by atoms with Gasteiger partial charge in [-0.05, 0) is 54.7 Å². The summed E-state index contributed by atoms with van der Waals surface area (Å²) in [6.07, 6.45) is 8.92. The molecule has 0 radical (unpaired) electrons. The summed E-state index contributed by atoms with van der Waals surface area (Å²) in [7, 11) is -3.55. The third kappa shape index (κ3) is 9.13. The zero-order valence-electron chi connectivity index (χ0n) is 19.0. The van der Waals surface area contributed by atoms with Crippen LogP contribution in [0.5, 0.6) is 5.75 Å². The van der Waals surface area contributed by atoms with E-state index in [0.29, 0.717) is 18.7 Å². The second kappa shape index (κ2) is 12.5. The lowest BCUT2D eigenvalue weighted by molar-refractivity contribution is 0.0741. The fraction of sp³-hybridized carbons (Fsp3) is 0.480. The predicted molar refractivity (Wildman–Crippen MR) is 126 cm³/mol. The SMILES string of the molecule is CCCCCCc1ccc(C(=O)N(CCCC)Cc2ccc(OS(C)(=O)=O)cc2)cc1. The fourth-order valence-corrected chi connectivity index (χ4v) is 3.86. The highest BCUT2D eigenvalue weighted by Gasteiger charge is 2.16. The highest BCUT2D eigenvalue weighted by atomic mass is 32.2. The van der Waals surface area contributed by atoms with Crippen molar-refractivity contribution in [3.63, 3.8) is 0 Å². The van der Waals surface area contributed by atoms with E-state index in [-0.39, 0.29) is 11.7 Å².